The first-order valence-electron chi connectivity index (χ1n) is 6.05. The van der Waals surface area contributed by atoms with E-state index in [0.29, 0.717) is 5.57 Å². The van der Waals surface area contributed by atoms with Crippen molar-refractivity contribution in [1.29, 1.82) is 5.26 Å². The molecule has 1 aromatic carbocycles. The number of nitrogens with zero attached hydrogens (tertiary/aromatic N) is 1. The van der Waals surface area contributed by atoms with Crippen molar-refractivity contribution in [2.45, 2.75) is 6.42 Å². The first-order valence-corrected chi connectivity index (χ1v) is 6.05. The van der Waals surface area contributed by atoms with E-state index in [1.807, 2.05) is 42.5 Å². The van der Waals surface area contributed by atoms with Gasteiger partial charge in [-0.15, -0.1) is 6.58 Å². The van der Waals surface area contributed by atoms with Gasteiger partial charge in [-0.1, -0.05) is 48.6 Å². The van der Waals surface area contributed by atoms with Crippen LogP contribution in [0.1, 0.15) is 12.0 Å². The monoisotopic (exact) mass is 265 g/mol. The summed E-state index contributed by atoms with van der Waals surface area (Å²) in [7, 11) is 0. The molecule has 1 aromatic rings. The molecule has 0 aliphatic heterocycles. The Kier molecular flexibility index (Phi) is 6.29. The molecular weight excluding hydrogens is 250 g/mol. The minimum atomic E-state index is -1.01. The molecule has 0 fully saturated rings. The fourth-order valence-corrected chi connectivity index (χ4v) is 1.53. The minimum absolute atomic E-state index is 0.194. The topological polar surface area (TPSA) is 61.1 Å². The van der Waals surface area contributed by atoms with Crippen LogP contribution in [0.15, 0.2) is 72.4 Å². The number of hydrogen-bond acceptors (Lipinski definition) is 2. The van der Waals surface area contributed by atoms with E-state index >= 15 is 0 Å². The summed E-state index contributed by atoms with van der Waals surface area (Å²) in [6, 6.07) is 11.5. The Labute approximate surface area is 118 Å². The molecule has 0 saturated carbocycles. The Morgan fingerprint density at radius 3 is 2.60 bits per heavy atom. The number of allylic oxidation sites excluding steroid dienone is 5. The number of rotatable bonds is 6. The summed E-state index contributed by atoms with van der Waals surface area (Å²) >= 11 is 0. The van der Waals surface area contributed by atoms with Gasteiger partial charge in [-0.2, -0.15) is 5.26 Å². The predicted molar refractivity (Wildman–Crippen MR) is 79.7 cm³/mol. The number of aliphatic carboxylic acids is 1. The van der Waals surface area contributed by atoms with E-state index in [4.69, 9.17) is 10.4 Å². The van der Waals surface area contributed by atoms with Crippen LogP contribution in [-0.4, -0.2) is 11.1 Å². The standard InChI is InChI=1S/C17H15NO2/c1-2-6-16(17(19)20)13-15(11-12-18)10-9-14-7-4-3-5-8-14/h2-5,7-11,13H,1,6H2,(H,19,20). The number of carboxylic acid groups (broad SMARTS) is 1. The predicted octanol–water partition coefficient (Wildman–Crippen LogP) is 3.74. The lowest BCUT2D eigenvalue weighted by molar-refractivity contribution is -0.132. The van der Waals surface area contributed by atoms with Crippen molar-refractivity contribution in [2.24, 2.45) is 0 Å². The molecule has 1 rings (SSSR count). The smallest absolute Gasteiger partial charge is 0.331 e. The quantitative estimate of drug-likeness (QED) is 0.369. The highest BCUT2D eigenvalue weighted by Gasteiger charge is 2.05. The minimum Gasteiger partial charge on any atom is -0.478 e. The van der Waals surface area contributed by atoms with Crippen molar-refractivity contribution in [3.05, 3.63) is 77.9 Å². The zero-order valence-corrected chi connectivity index (χ0v) is 11.0. The van der Waals surface area contributed by atoms with Crippen molar-refractivity contribution in [3.8, 4) is 6.07 Å². The molecular formula is C17H15NO2. The zero-order chi connectivity index (χ0) is 14.8. The average molecular weight is 265 g/mol. The third kappa shape index (κ3) is 5.19. The molecule has 0 radical (unpaired) electrons. The second kappa shape index (κ2) is 8.28. The lowest BCUT2D eigenvalue weighted by Gasteiger charge is -1.99. The molecule has 0 atom stereocenters. The normalized spacial score (nSPS) is 12.2. The number of carbonyl (C=O) groups is 1. The first kappa shape index (κ1) is 15.2. The van der Waals surface area contributed by atoms with E-state index in [9.17, 15) is 4.79 Å². The van der Waals surface area contributed by atoms with Crippen LogP contribution in [0.4, 0.5) is 0 Å². The molecule has 0 unspecified atom stereocenters. The highest BCUT2D eigenvalue weighted by atomic mass is 16.4. The van der Waals surface area contributed by atoms with Gasteiger partial charge >= 0.3 is 5.97 Å². The van der Waals surface area contributed by atoms with Crippen LogP contribution >= 0.6 is 0 Å². The Bertz CT molecular complexity index is 602. The molecule has 1 N–H and O–H groups in total. The number of hydrogen-bond donors (Lipinski definition) is 1. The summed E-state index contributed by atoms with van der Waals surface area (Å²) < 4.78 is 0. The van der Waals surface area contributed by atoms with Gasteiger partial charge in [0.05, 0.1) is 6.07 Å². The lowest BCUT2D eigenvalue weighted by Crippen LogP contribution is -1.99. The van der Waals surface area contributed by atoms with Gasteiger partial charge in [0.15, 0.2) is 0 Å². The van der Waals surface area contributed by atoms with Crippen LogP contribution in [0.2, 0.25) is 0 Å². The van der Waals surface area contributed by atoms with E-state index < -0.39 is 5.97 Å². The average Bonchev–Trinajstić information content (AvgIpc) is 2.45. The molecule has 20 heavy (non-hydrogen) atoms. The summed E-state index contributed by atoms with van der Waals surface area (Å²) in [5, 5.41) is 17.8. The third-order valence-electron chi connectivity index (χ3n) is 2.48. The van der Waals surface area contributed by atoms with Gasteiger partial charge in [0, 0.05) is 11.6 Å². The van der Waals surface area contributed by atoms with Gasteiger partial charge in [0.25, 0.3) is 0 Å². The maximum absolute atomic E-state index is 11.1. The highest BCUT2D eigenvalue weighted by Crippen LogP contribution is 2.11. The van der Waals surface area contributed by atoms with E-state index in [1.54, 1.807) is 6.08 Å². The van der Waals surface area contributed by atoms with Crippen molar-refractivity contribution in [2.75, 3.05) is 0 Å². The van der Waals surface area contributed by atoms with Crippen molar-refractivity contribution in [3.63, 3.8) is 0 Å². The van der Waals surface area contributed by atoms with Crippen LogP contribution < -0.4 is 0 Å². The maximum Gasteiger partial charge on any atom is 0.331 e. The summed E-state index contributed by atoms with van der Waals surface area (Å²) in [6.07, 6.45) is 8.10. The van der Waals surface area contributed by atoms with E-state index in [0.717, 1.165) is 5.56 Å². The Hall–Kier alpha value is -2.86. The van der Waals surface area contributed by atoms with Gasteiger partial charge in [-0.25, -0.2) is 4.79 Å². The zero-order valence-electron chi connectivity index (χ0n) is 11.0. The SMILES string of the molecule is C=CCC(=CC(C=Cc1ccccc1)=CC#N)C(=O)O. The fraction of sp³-hybridized carbons (Fsp3) is 0.0588. The van der Waals surface area contributed by atoms with Gasteiger partial charge in [0.2, 0.25) is 0 Å². The molecule has 0 aliphatic rings. The number of nitriles is 1. The number of benzene rings is 1. The van der Waals surface area contributed by atoms with Crippen molar-refractivity contribution < 1.29 is 9.90 Å². The van der Waals surface area contributed by atoms with Crippen molar-refractivity contribution >= 4 is 12.0 Å². The largest absolute Gasteiger partial charge is 0.478 e. The molecule has 3 heteroatoms. The highest BCUT2D eigenvalue weighted by molar-refractivity contribution is 5.87. The third-order valence-corrected chi connectivity index (χ3v) is 2.48. The van der Waals surface area contributed by atoms with E-state index in [1.165, 1.54) is 18.2 Å². The summed E-state index contributed by atoms with van der Waals surface area (Å²) in [5.41, 5.74) is 1.71. The Morgan fingerprint density at radius 2 is 2.05 bits per heavy atom. The molecule has 0 amide bonds. The molecule has 0 bridgehead atoms. The second-order valence-electron chi connectivity index (χ2n) is 3.98. The van der Waals surface area contributed by atoms with E-state index in [-0.39, 0.29) is 12.0 Å². The van der Waals surface area contributed by atoms with Gasteiger partial charge in [-0.05, 0) is 23.6 Å². The Balaban J connectivity index is 3.02. The van der Waals surface area contributed by atoms with Crippen LogP contribution in [0.5, 0.6) is 0 Å². The van der Waals surface area contributed by atoms with Crippen LogP contribution in [0.3, 0.4) is 0 Å². The van der Waals surface area contributed by atoms with E-state index in [2.05, 4.69) is 6.58 Å². The van der Waals surface area contributed by atoms with Gasteiger partial charge in [0.1, 0.15) is 0 Å². The van der Waals surface area contributed by atoms with Crippen LogP contribution in [-0.2, 0) is 4.79 Å². The Morgan fingerprint density at radius 1 is 1.35 bits per heavy atom. The van der Waals surface area contributed by atoms with Gasteiger partial charge in [-0.3, -0.25) is 0 Å². The molecule has 100 valence electrons. The fourth-order valence-electron chi connectivity index (χ4n) is 1.53. The molecule has 0 spiro atoms. The molecule has 0 aliphatic carbocycles. The molecule has 0 aromatic heterocycles. The molecule has 0 heterocycles. The maximum atomic E-state index is 11.1. The summed E-state index contributed by atoms with van der Waals surface area (Å²) in [5.74, 6) is -1.01. The first-order chi connectivity index (χ1) is 9.67. The summed E-state index contributed by atoms with van der Waals surface area (Å²) in [4.78, 5) is 11.1. The van der Waals surface area contributed by atoms with Crippen molar-refractivity contribution in [1.82, 2.24) is 0 Å². The summed E-state index contributed by atoms with van der Waals surface area (Å²) in [6.45, 7) is 3.52. The molecule has 3 nitrogen and oxygen atoms in total. The second-order valence-corrected chi connectivity index (χ2v) is 3.98. The van der Waals surface area contributed by atoms with Crippen LogP contribution in [0.25, 0.3) is 6.08 Å². The van der Waals surface area contributed by atoms with Gasteiger partial charge < -0.3 is 5.11 Å². The van der Waals surface area contributed by atoms with Crippen LogP contribution in [0, 0.1) is 11.3 Å². The lowest BCUT2D eigenvalue weighted by atomic mass is 10.1. The molecule has 0 saturated heterocycles. The number of carboxylic acids is 1.